The van der Waals surface area contributed by atoms with Crippen LogP contribution < -0.4 is 10.4 Å². The zero-order valence-corrected chi connectivity index (χ0v) is 14.8. The van der Waals surface area contributed by atoms with Crippen LogP contribution in [0.1, 0.15) is 5.56 Å². The average Bonchev–Trinajstić information content (AvgIpc) is 3.05. The number of piperazine rings is 1. The predicted molar refractivity (Wildman–Crippen MR) is 92.2 cm³/mol. The number of aromatic nitrogens is 2. The fourth-order valence-corrected chi connectivity index (χ4v) is 3.28. The normalized spacial score (nSPS) is 16.1. The van der Waals surface area contributed by atoms with Gasteiger partial charge in [0, 0.05) is 26.2 Å². The fraction of sp³-hybridized carbons (Fsp3) is 0.357. The van der Waals surface area contributed by atoms with Gasteiger partial charge in [-0.2, -0.15) is 21.9 Å². The molecule has 2 aromatic rings. The Morgan fingerprint density at radius 3 is 2.31 bits per heavy atom. The monoisotopic (exact) mass is 406 g/mol. The molecule has 2 N–H and O–H groups in total. The Balaban J connectivity index is 1.68. The number of rotatable bonds is 2. The number of guanidine groups is 1. The van der Waals surface area contributed by atoms with Gasteiger partial charge in [-0.15, -0.1) is 0 Å². The third-order valence-corrected chi connectivity index (χ3v) is 4.71. The highest BCUT2D eigenvalue weighted by Crippen LogP contribution is 2.30. The lowest BCUT2D eigenvalue weighted by Gasteiger charge is -2.35. The summed E-state index contributed by atoms with van der Waals surface area (Å²) in [5.74, 6) is 0.779. The van der Waals surface area contributed by atoms with E-state index >= 15 is 0 Å². The van der Waals surface area contributed by atoms with E-state index in [0.29, 0.717) is 42.8 Å². The van der Waals surface area contributed by atoms with Crippen LogP contribution in [-0.2, 0) is 6.18 Å². The minimum atomic E-state index is -4.40. The molecular weight excluding hydrogens is 393 g/mol. The maximum Gasteiger partial charge on any atom is 0.416 e. The van der Waals surface area contributed by atoms with Crippen molar-refractivity contribution in [1.29, 1.82) is 0 Å². The first kappa shape index (κ1) is 18.7. The van der Waals surface area contributed by atoms with Crippen molar-refractivity contribution in [2.24, 2.45) is 4.99 Å². The van der Waals surface area contributed by atoms with E-state index in [1.807, 2.05) is 10.4 Å². The van der Waals surface area contributed by atoms with Gasteiger partial charge in [0.05, 0.1) is 23.0 Å². The van der Waals surface area contributed by atoms with Gasteiger partial charge in [0.1, 0.15) is 0 Å². The summed E-state index contributed by atoms with van der Waals surface area (Å²) in [5, 5.41) is 9.71. The smallest absolute Gasteiger partial charge is 0.350 e. The molecule has 3 rings (SSSR count). The van der Waals surface area contributed by atoms with Crippen LogP contribution in [-0.4, -0.2) is 51.0 Å². The number of halogens is 4. The Morgan fingerprint density at radius 1 is 1.15 bits per heavy atom. The number of hydrogen-bond donors (Lipinski definition) is 2. The maximum absolute atomic E-state index is 12.6. The number of nitrogens with one attached hydrogen (secondary N) is 1. The van der Waals surface area contributed by atoms with Gasteiger partial charge in [-0.1, -0.05) is 11.6 Å². The number of hydroxylamine groups is 1. The number of hydrogen-bond acceptors (Lipinski definition) is 6. The van der Waals surface area contributed by atoms with E-state index in [9.17, 15) is 18.4 Å². The van der Waals surface area contributed by atoms with Crippen molar-refractivity contribution in [3.05, 3.63) is 35.0 Å². The fourth-order valence-electron chi connectivity index (χ4n) is 2.51. The number of benzene rings is 1. The van der Waals surface area contributed by atoms with E-state index < -0.39 is 11.7 Å². The number of alkyl halides is 3. The molecule has 1 aliphatic rings. The van der Waals surface area contributed by atoms with Crippen molar-refractivity contribution >= 4 is 40.8 Å². The standard InChI is InChI=1S/C14H14ClF3N6OS/c15-11-12(22-26-21-11)23-5-7-24(8-6-23)13(20-25)19-10-3-1-9(2-4-10)14(16,17)18/h1-4,25H,5-8H2,(H,19,20). The van der Waals surface area contributed by atoms with Crippen molar-refractivity contribution in [2.45, 2.75) is 6.18 Å². The lowest BCUT2D eigenvalue weighted by molar-refractivity contribution is -0.137. The average molecular weight is 407 g/mol. The molecule has 1 saturated heterocycles. The van der Waals surface area contributed by atoms with E-state index in [1.54, 1.807) is 4.90 Å². The molecule has 0 bridgehead atoms. The van der Waals surface area contributed by atoms with Crippen molar-refractivity contribution in [2.75, 3.05) is 31.1 Å². The third-order valence-electron chi connectivity index (χ3n) is 3.84. The minimum Gasteiger partial charge on any atom is -0.350 e. The first-order valence-electron chi connectivity index (χ1n) is 7.52. The van der Waals surface area contributed by atoms with E-state index in [1.165, 1.54) is 12.1 Å². The van der Waals surface area contributed by atoms with Gasteiger partial charge in [0.2, 0.25) is 5.96 Å². The molecule has 0 radical (unpaired) electrons. The minimum absolute atomic E-state index is 0.159. The van der Waals surface area contributed by atoms with Gasteiger partial charge in [-0.3, -0.25) is 5.21 Å². The molecular formula is C14H14ClF3N6OS. The van der Waals surface area contributed by atoms with Gasteiger partial charge in [0.25, 0.3) is 0 Å². The first-order chi connectivity index (χ1) is 12.4. The predicted octanol–water partition coefficient (Wildman–Crippen LogP) is 3.00. The molecule has 26 heavy (non-hydrogen) atoms. The Labute approximate surface area is 156 Å². The molecule has 1 fully saturated rings. The number of nitrogens with zero attached hydrogens (tertiary/aromatic N) is 5. The quantitative estimate of drug-likeness (QED) is 0.453. The molecule has 1 aliphatic heterocycles. The van der Waals surface area contributed by atoms with Crippen LogP contribution >= 0.6 is 23.3 Å². The van der Waals surface area contributed by atoms with Crippen LogP contribution in [0.3, 0.4) is 0 Å². The third kappa shape index (κ3) is 4.17. The molecule has 2 heterocycles. The second-order valence-corrected chi connectivity index (χ2v) is 6.33. The molecule has 0 saturated carbocycles. The molecule has 1 aromatic carbocycles. The zero-order chi connectivity index (χ0) is 18.7. The summed E-state index contributed by atoms with van der Waals surface area (Å²) in [4.78, 5) is 7.92. The maximum atomic E-state index is 12.6. The van der Waals surface area contributed by atoms with Crippen LogP contribution in [0.5, 0.6) is 0 Å². The van der Waals surface area contributed by atoms with E-state index in [2.05, 4.69) is 13.7 Å². The summed E-state index contributed by atoms with van der Waals surface area (Å²) >= 11 is 7.01. The van der Waals surface area contributed by atoms with E-state index in [-0.39, 0.29) is 5.96 Å². The van der Waals surface area contributed by atoms with Crippen LogP contribution in [0.4, 0.5) is 24.7 Å². The van der Waals surface area contributed by atoms with Crippen molar-refractivity contribution < 1.29 is 18.4 Å². The van der Waals surface area contributed by atoms with Crippen LogP contribution in [0, 0.1) is 0 Å². The molecule has 0 amide bonds. The number of anilines is 1. The SMILES string of the molecule is ONC(=Nc1ccc(C(F)(F)F)cc1)N1CCN(c2nsnc2Cl)CC1. The number of aliphatic imine (C=N–C) groups is 1. The highest BCUT2D eigenvalue weighted by molar-refractivity contribution is 6.99. The summed E-state index contributed by atoms with van der Waals surface area (Å²) < 4.78 is 45.9. The van der Waals surface area contributed by atoms with E-state index in [4.69, 9.17) is 11.6 Å². The Hall–Kier alpha value is -2.11. The van der Waals surface area contributed by atoms with E-state index in [0.717, 1.165) is 23.9 Å². The lowest BCUT2D eigenvalue weighted by atomic mass is 10.2. The van der Waals surface area contributed by atoms with Gasteiger partial charge < -0.3 is 9.80 Å². The highest BCUT2D eigenvalue weighted by atomic mass is 35.5. The van der Waals surface area contributed by atoms with Crippen molar-refractivity contribution in [1.82, 2.24) is 19.1 Å². The first-order valence-corrected chi connectivity index (χ1v) is 8.63. The van der Waals surface area contributed by atoms with Gasteiger partial charge in [-0.25, -0.2) is 10.5 Å². The summed E-state index contributed by atoms with van der Waals surface area (Å²) in [7, 11) is 0. The topological polar surface area (TPSA) is 76.9 Å². The van der Waals surface area contributed by atoms with Crippen LogP contribution in [0.15, 0.2) is 29.3 Å². The zero-order valence-electron chi connectivity index (χ0n) is 13.2. The summed E-state index contributed by atoms with van der Waals surface area (Å²) in [6.07, 6.45) is -4.40. The summed E-state index contributed by atoms with van der Waals surface area (Å²) in [6, 6.07) is 4.39. The van der Waals surface area contributed by atoms with Crippen LogP contribution in [0.25, 0.3) is 0 Å². The molecule has 12 heteroatoms. The molecule has 0 spiro atoms. The molecule has 7 nitrogen and oxygen atoms in total. The lowest BCUT2D eigenvalue weighted by Crippen LogP contribution is -2.52. The summed E-state index contributed by atoms with van der Waals surface area (Å²) in [6.45, 7) is 2.19. The van der Waals surface area contributed by atoms with Crippen molar-refractivity contribution in [3.63, 3.8) is 0 Å². The molecule has 140 valence electrons. The van der Waals surface area contributed by atoms with Gasteiger partial charge in [0.15, 0.2) is 11.0 Å². The Kier molecular flexibility index (Phi) is 5.49. The molecule has 0 aliphatic carbocycles. The van der Waals surface area contributed by atoms with Gasteiger partial charge >= 0.3 is 6.18 Å². The molecule has 1 aromatic heterocycles. The molecule has 0 atom stereocenters. The molecule has 0 unspecified atom stereocenters. The second-order valence-electron chi connectivity index (χ2n) is 5.44. The van der Waals surface area contributed by atoms with Crippen LogP contribution in [0.2, 0.25) is 5.15 Å². The Bertz CT molecular complexity index is 774. The largest absolute Gasteiger partial charge is 0.416 e. The Morgan fingerprint density at radius 2 is 1.81 bits per heavy atom. The van der Waals surface area contributed by atoms with Gasteiger partial charge in [-0.05, 0) is 24.3 Å². The summed E-state index contributed by atoms with van der Waals surface area (Å²) in [5.41, 5.74) is 1.55. The second kappa shape index (κ2) is 7.64. The highest BCUT2D eigenvalue weighted by Gasteiger charge is 2.30. The van der Waals surface area contributed by atoms with Crippen molar-refractivity contribution in [3.8, 4) is 0 Å².